The van der Waals surface area contributed by atoms with E-state index in [1.165, 1.54) is 24.1 Å². The first-order valence-electron chi connectivity index (χ1n) is 17.7. The van der Waals surface area contributed by atoms with Gasteiger partial charge in [0.1, 0.15) is 18.7 Å². The first kappa shape index (κ1) is 37.0. The summed E-state index contributed by atoms with van der Waals surface area (Å²) in [5.41, 5.74) is 4.70. The zero-order valence-corrected chi connectivity index (χ0v) is 32.9. The lowest BCUT2D eigenvalue weighted by Gasteiger charge is -2.43. The number of nitrogens with one attached hydrogen (secondary N) is 2. The van der Waals surface area contributed by atoms with Gasteiger partial charge in [0.2, 0.25) is 5.95 Å². The van der Waals surface area contributed by atoms with Crippen molar-refractivity contribution in [3.63, 3.8) is 0 Å². The molecule has 0 aliphatic carbocycles. The second kappa shape index (κ2) is 16.3. The number of nitrogens with zero attached hydrogens (tertiary/aromatic N) is 7. The number of halogens is 1. The molecule has 14 heteroatoms. The highest BCUT2D eigenvalue weighted by Crippen LogP contribution is 2.41. The summed E-state index contributed by atoms with van der Waals surface area (Å²) in [6, 6.07) is 10.6. The van der Waals surface area contributed by atoms with Crippen molar-refractivity contribution < 1.29 is 14.0 Å². The lowest BCUT2D eigenvalue weighted by molar-refractivity contribution is 0.0982. The number of ether oxygens (including phenoxy) is 2. The van der Waals surface area contributed by atoms with E-state index in [1.807, 2.05) is 25.1 Å². The topological polar surface area (TPSA) is 121 Å². The Kier molecular flexibility index (Phi) is 11.8. The van der Waals surface area contributed by atoms with Crippen LogP contribution < -0.4 is 30.3 Å². The molecule has 2 aromatic carbocycles. The highest BCUT2D eigenvalue weighted by molar-refractivity contribution is 9.10. The van der Waals surface area contributed by atoms with Crippen molar-refractivity contribution in [2.75, 3.05) is 88.9 Å². The van der Waals surface area contributed by atoms with Crippen LogP contribution in [0.5, 0.6) is 11.5 Å². The van der Waals surface area contributed by atoms with Gasteiger partial charge >= 0.3 is 0 Å². The molecule has 2 saturated heterocycles. The Morgan fingerprint density at radius 2 is 1.65 bits per heavy atom. The third-order valence-corrected chi connectivity index (χ3v) is 11.8. The fourth-order valence-electron chi connectivity index (χ4n) is 6.81. The molecule has 6 rings (SSSR count). The molecule has 0 bridgehead atoms. The van der Waals surface area contributed by atoms with E-state index in [4.69, 9.17) is 14.5 Å². The first-order valence-corrected chi connectivity index (χ1v) is 21.1. The van der Waals surface area contributed by atoms with Crippen LogP contribution >= 0.6 is 23.1 Å². The Balaban J connectivity index is 1.20. The van der Waals surface area contributed by atoms with Crippen molar-refractivity contribution >= 4 is 57.2 Å². The molecule has 4 aromatic rings. The number of hydrogen-bond donors (Lipinski definition) is 2. The van der Waals surface area contributed by atoms with E-state index < -0.39 is 7.14 Å². The van der Waals surface area contributed by atoms with Gasteiger partial charge in [-0.25, -0.2) is 15.0 Å². The van der Waals surface area contributed by atoms with Crippen LogP contribution in [0.15, 0.2) is 53.4 Å². The highest BCUT2D eigenvalue weighted by Gasteiger charge is 2.28. The molecule has 0 saturated carbocycles. The number of hydrogen-bond acceptors (Lipinski definition) is 12. The number of aromatic nitrogens is 4. The third kappa shape index (κ3) is 8.83. The van der Waals surface area contributed by atoms with Gasteiger partial charge in [0.05, 0.1) is 42.0 Å². The quantitative estimate of drug-likeness (QED) is 0.151. The van der Waals surface area contributed by atoms with E-state index in [0.29, 0.717) is 51.5 Å². The van der Waals surface area contributed by atoms with Gasteiger partial charge in [0.15, 0.2) is 11.6 Å². The Morgan fingerprint density at radius 3 is 2.29 bits per heavy atom. The Labute approximate surface area is 309 Å². The number of rotatable bonds is 12. The Hall–Kier alpha value is -3.77. The maximum absolute atomic E-state index is 13.5. The Morgan fingerprint density at radius 1 is 0.922 bits per heavy atom. The van der Waals surface area contributed by atoms with Crippen molar-refractivity contribution in [2.45, 2.75) is 39.2 Å². The van der Waals surface area contributed by atoms with Gasteiger partial charge in [-0.1, -0.05) is 6.92 Å². The summed E-state index contributed by atoms with van der Waals surface area (Å²) in [4.78, 5) is 25.9. The molecule has 0 spiro atoms. The van der Waals surface area contributed by atoms with Crippen LogP contribution in [0, 0.1) is 0 Å². The normalized spacial score (nSPS) is 16.3. The summed E-state index contributed by atoms with van der Waals surface area (Å²) in [5, 5.41) is 7.46. The molecule has 2 aliphatic rings. The number of piperidine rings is 1. The summed E-state index contributed by atoms with van der Waals surface area (Å²) in [5.74, 6) is 2.79. The fourth-order valence-corrected chi connectivity index (χ4v) is 8.26. The number of likely N-dealkylation sites (N-methyl/N-ethyl adjacent to an activating group) is 1. The third-order valence-electron chi connectivity index (χ3n) is 9.66. The summed E-state index contributed by atoms with van der Waals surface area (Å²) in [6.45, 7) is 14.8. The molecule has 0 radical (unpaired) electrons. The number of aryl methyl sites for hydroxylation is 1. The number of benzene rings is 2. The second-order valence-corrected chi connectivity index (χ2v) is 17.5. The number of anilines is 5. The standard InChI is InChI=1S/C37H49BrN9O3P/c1-7-25-19-31(33(49-4)21-32(25)47-13-11-27(12-14-47)46-17-15-45(3)16-18-46)43-37-41-24-29(38)36(44-37)42-30-10-9-26(20-34(30)51(5,6)48)35-39-22-28(23-40-35)50-8-2/h9-10,19-24,27H,7-8,11-18H2,1-6H3,(H2,41,42,43,44). The molecule has 0 amide bonds. The van der Waals surface area contributed by atoms with Crippen LogP contribution in [-0.4, -0.2) is 109 Å². The fraction of sp³-hybridized carbons (Fsp3) is 0.459. The average molecular weight is 779 g/mol. The largest absolute Gasteiger partial charge is 0.494 e. The van der Waals surface area contributed by atoms with Crippen molar-refractivity contribution in [3.8, 4) is 22.9 Å². The predicted molar refractivity (Wildman–Crippen MR) is 211 cm³/mol. The van der Waals surface area contributed by atoms with Gasteiger partial charge in [0.25, 0.3) is 0 Å². The monoisotopic (exact) mass is 777 g/mol. The van der Waals surface area contributed by atoms with E-state index in [9.17, 15) is 4.57 Å². The van der Waals surface area contributed by atoms with Crippen molar-refractivity contribution in [1.82, 2.24) is 29.7 Å². The van der Waals surface area contributed by atoms with Crippen LogP contribution in [0.3, 0.4) is 0 Å². The molecular weight excluding hydrogens is 729 g/mol. The molecule has 0 atom stereocenters. The smallest absolute Gasteiger partial charge is 0.229 e. The van der Waals surface area contributed by atoms with Gasteiger partial charge in [0, 0.05) is 74.1 Å². The maximum Gasteiger partial charge on any atom is 0.229 e. The molecule has 12 nitrogen and oxygen atoms in total. The summed E-state index contributed by atoms with van der Waals surface area (Å²) in [6.07, 6.45) is 8.21. The van der Waals surface area contributed by atoms with E-state index in [0.717, 1.165) is 62.7 Å². The van der Waals surface area contributed by atoms with Crippen LogP contribution in [0.2, 0.25) is 0 Å². The van der Waals surface area contributed by atoms with Crippen molar-refractivity contribution in [2.24, 2.45) is 0 Å². The zero-order chi connectivity index (χ0) is 36.1. The lowest BCUT2D eigenvalue weighted by atomic mass is 9.99. The lowest BCUT2D eigenvalue weighted by Crippen LogP contribution is -2.52. The molecule has 2 aliphatic heterocycles. The van der Waals surface area contributed by atoms with E-state index in [2.05, 4.69) is 82.3 Å². The first-order chi connectivity index (χ1) is 24.6. The van der Waals surface area contributed by atoms with Crippen LogP contribution in [0.4, 0.5) is 28.8 Å². The van der Waals surface area contributed by atoms with Crippen LogP contribution in [0.1, 0.15) is 32.3 Å². The molecule has 51 heavy (non-hydrogen) atoms. The molecule has 2 fully saturated rings. The molecule has 2 aromatic heterocycles. The van der Waals surface area contributed by atoms with E-state index >= 15 is 0 Å². The van der Waals surface area contributed by atoms with Gasteiger partial charge in [-0.15, -0.1) is 0 Å². The van der Waals surface area contributed by atoms with Crippen LogP contribution in [-0.2, 0) is 11.0 Å². The molecule has 0 unspecified atom stereocenters. The van der Waals surface area contributed by atoms with Gasteiger partial charge in [-0.3, -0.25) is 4.90 Å². The van der Waals surface area contributed by atoms with E-state index in [-0.39, 0.29) is 0 Å². The van der Waals surface area contributed by atoms with Gasteiger partial charge in [-0.2, -0.15) is 4.98 Å². The number of piperazine rings is 1. The summed E-state index contributed by atoms with van der Waals surface area (Å²) in [7, 11) is 1.18. The minimum absolute atomic E-state index is 0.402. The van der Waals surface area contributed by atoms with E-state index in [1.54, 1.807) is 39.0 Å². The molecule has 4 heterocycles. The Bertz CT molecular complexity index is 1860. The van der Waals surface area contributed by atoms with Crippen LogP contribution in [0.25, 0.3) is 11.4 Å². The highest BCUT2D eigenvalue weighted by atomic mass is 79.9. The molecular formula is C37H49BrN9O3P. The van der Waals surface area contributed by atoms with Gasteiger partial charge in [-0.05, 0) is 92.3 Å². The van der Waals surface area contributed by atoms with Crippen molar-refractivity contribution in [1.29, 1.82) is 0 Å². The molecule has 2 N–H and O–H groups in total. The molecule has 272 valence electrons. The summed E-state index contributed by atoms with van der Waals surface area (Å²) < 4.78 is 25.6. The summed E-state index contributed by atoms with van der Waals surface area (Å²) >= 11 is 3.60. The maximum atomic E-state index is 13.5. The van der Waals surface area contributed by atoms with Crippen molar-refractivity contribution in [3.05, 3.63) is 59.0 Å². The minimum Gasteiger partial charge on any atom is -0.494 e. The number of methoxy groups -OCH3 is 1. The minimum atomic E-state index is -2.73. The SMILES string of the molecule is CCOc1cnc(-c2ccc(Nc3nc(Nc4cc(CC)c(N5CCC(N6CCN(C)CC6)CC5)cc4OC)ncc3Br)c(P(C)(C)=O)c2)nc1. The second-order valence-electron chi connectivity index (χ2n) is 13.5. The zero-order valence-electron chi connectivity index (χ0n) is 30.4. The average Bonchev–Trinajstić information content (AvgIpc) is 3.13. The predicted octanol–water partition coefficient (Wildman–Crippen LogP) is 6.62. The van der Waals surface area contributed by atoms with Gasteiger partial charge < -0.3 is 34.5 Å².